The quantitative estimate of drug-likeness (QED) is 0.769. The van der Waals surface area contributed by atoms with Gasteiger partial charge in [-0.25, -0.2) is 4.79 Å². The molecule has 2 rings (SSSR count). The number of benzene rings is 2. The van der Waals surface area contributed by atoms with Gasteiger partial charge in [0.15, 0.2) is 13.2 Å². The first-order chi connectivity index (χ1) is 12.4. The highest BCUT2D eigenvalue weighted by atomic mass is 16.6. The molecule has 2 aromatic carbocycles. The Bertz CT molecular complexity index is 775. The maximum Gasteiger partial charge on any atom is 0.344 e. The number of nitrogens with one attached hydrogen (secondary N) is 1. The Morgan fingerprint density at radius 3 is 2.31 bits per heavy atom. The van der Waals surface area contributed by atoms with E-state index in [-0.39, 0.29) is 19.1 Å². The Balaban J connectivity index is 1.82. The molecule has 0 spiro atoms. The number of anilines is 1. The van der Waals surface area contributed by atoms with Crippen LogP contribution in [0, 0.1) is 20.8 Å². The third-order valence-corrected chi connectivity index (χ3v) is 3.98. The summed E-state index contributed by atoms with van der Waals surface area (Å²) in [4.78, 5) is 23.8. The first-order valence-electron chi connectivity index (χ1n) is 8.64. The Hall–Kier alpha value is -2.82. The number of rotatable bonds is 7. The standard InChI is InChI=1S/C21H25NO4/c1-5-17-8-6-7-9-18(17)22-19(23)12-25-20(24)13-26-21-15(3)10-14(2)11-16(21)4/h6-11H,5,12-13H2,1-4H3,(H,22,23). The number of aryl methyl sites for hydroxylation is 4. The molecule has 5 nitrogen and oxygen atoms in total. The van der Waals surface area contributed by atoms with Crippen molar-refractivity contribution in [3.8, 4) is 5.75 Å². The predicted octanol–water partition coefficient (Wildman–Crippen LogP) is 3.73. The molecule has 0 aromatic heterocycles. The van der Waals surface area contributed by atoms with Crippen molar-refractivity contribution in [2.24, 2.45) is 0 Å². The van der Waals surface area contributed by atoms with Crippen molar-refractivity contribution < 1.29 is 19.1 Å². The second-order valence-corrected chi connectivity index (χ2v) is 6.24. The largest absolute Gasteiger partial charge is 0.481 e. The van der Waals surface area contributed by atoms with Crippen LogP contribution in [0.15, 0.2) is 36.4 Å². The monoisotopic (exact) mass is 355 g/mol. The summed E-state index contributed by atoms with van der Waals surface area (Å²) in [6, 6.07) is 11.5. The number of hydrogen-bond acceptors (Lipinski definition) is 4. The van der Waals surface area contributed by atoms with Crippen LogP contribution >= 0.6 is 0 Å². The van der Waals surface area contributed by atoms with Crippen molar-refractivity contribution in [3.05, 3.63) is 58.7 Å². The molecule has 0 unspecified atom stereocenters. The highest BCUT2D eigenvalue weighted by Gasteiger charge is 2.12. The maximum absolute atomic E-state index is 12.0. The van der Waals surface area contributed by atoms with E-state index in [4.69, 9.17) is 9.47 Å². The van der Waals surface area contributed by atoms with Gasteiger partial charge in [-0.05, 0) is 49.9 Å². The van der Waals surface area contributed by atoms with Gasteiger partial charge in [0.05, 0.1) is 0 Å². The molecule has 5 heteroatoms. The van der Waals surface area contributed by atoms with Gasteiger partial charge < -0.3 is 14.8 Å². The molecule has 0 heterocycles. The molecule has 138 valence electrons. The average molecular weight is 355 g/mol. The summed E-state index contributed by atoms with van der Waals surface area (Å²) in [6.07, 6.45) is 0.805. The molecular weight excluding hydrogens is 330 g/mol. The van der Waals surface area contributed by atoms with E-state index in [1.54, 1.807) is 0 Å². The van der Waals surface area contributed by atoms with E-state index >= 15 is 0 Å². The Morgan fingerprint density at radius 2 is 1.65 bits per heavy atom. The normalized spacial score (nSPS) is 10.3. The number of carbonyl (C=O) groups is 2. The van der Waals surface area contributed by atoms with Crippen molar-refractivity contribution in [2.75, 3.05) is 18.5 Å². The number of hydrogen-bond donors (Lipinski definition) is 1. The van der Waals surface area contributed by atoms with Crippen LogP contribution in [-0.4, -0.2) is 25.1 Å². The van der Waals surface area contributed by atoms with Gasteiger partial charge in [0.2, 0.25) is 0 Å². The summed E-state index contributed by atoms with van der Waals surface area (Å²) in [5.41, 5.74) is 4.83. The van der Waals surface area contributed by atoms with Crippen molar-refractivity contribution in [3.63, 3.8) is 0 Å². The lowest BCUT2D eigenvalue weighted by molar-refractivity contribution is -0.149. The lowest BCUT2D eigenvalue weighted by atomic mass is 10.1. The topological polar surface area (TPSA) is 64.6 Å². The van der Waals surface area contributed by atoms with Crippen LogP contribution in [0.5, 0.6) is 5.75 Å². The van der Waals surface area contributed by atoms with Crippen molar-refractivity contribution >= 4 is 17.6 Å². The summed E-state index contributed by atoms with van der Waals surface area (Å²) in [7, 11) is 0. The molecule has 0 atom stereocenters. The molecule has 0 saturated carbocycles. The van der Waals surface area contributed by atoms with Crippen molar-refractivity contribution in [1.82, 2.24) is 0 Å². The lowest BCUT2D eigenvalue weighted by Gasteiger charge is -2.13. The second kappa shape index (κ2) is 9.04. The van der Waals surface area contributed by atoms with E-state index < -0.39 is 5.97 Å². The van der Waals surface area contributed by atoms with Crippen molar-refractivity contribution in [1.29, 1.82) is 0 Å². The highest BCUT2D eigenvalue weighted by molar-refractivity contribution is 5.93. The van der Waals surface area contributed by atoms with Crippen LogP contribution < -0.4 is 10.1 Å². The number of amides is 1. The fourth-order valence-corrected chi connectivity index (χ4v) is 2.85. The third-order valence-electron chi connectivity index (χ3n) is 3.98. The average Bonchev–Trinajstić information content (AvgIpc) is 2.59. The van der Waals surface area contributed by atoms with Crippen molar-refractivity contribution in [2.45, 2.75) is 34.1 Å². The minimum Gasteiger partial charge on any atom is -0.481 e. The molecule has 0 radical (unpaired) electrons. The fourth-order valence-electron chi connectivity index (χ4n) is 2.85. The number of para-hydroxylation sites is 1. The number of carbonyl (C=O) groups excluding carboxylic acids is 2. The first-order valence-corrected chi connectivity index (χ1v) is 8.64. The first kappa shape index (κ1) is 19.5. The summed E-state index contributed by atoms with van der Waals surface area (Å²) >= 11 is 0. The summed E-state index contributed by atoms with van der Waals surface area (Å²) in [5.74, 6) is -0.279. The second-order valence-electron chi connectivity index (χ2n) is 6.24. The van der Waals surface area contributed by atoms with E-state index in [0.717, 1.165) is 34.4 Å². The molecule has 0 bridgehead atoms. The van der Waals surface area contributed by atoms with Gasteiger partial charge in [-0.1, -0.05) is 42.8 Å². The molecular formula is C21H25NO4. The zero-order valence-corrected chi connectivity index (χ0v) is 15.7. The van der Waals surface area contributed by atoms with Crippen LogP contribution in [0.3, 0.4) is 0 Å². The molecule has 2 aromatic rings. The van der Waals surface area contributed by atoms with Gasteiger partial charge in [0, 0.05) is 5.69 Å². The lowest BCUT2D eigenvalue weighted by Crippen LogP contribution is -2.24. The molecule has 1 amide bonds. The SMILES string of the molecule is CCc1ccccc1NC(=O)COC(=O)COc1c(C)cc(C)cc1C. The van der Waals surface area contributed by atoms with Gasteiger partial charge >= 0.3 is 5.97 Å². The third kappa shape index (κ3) is 5.34. The molecule has 1 N–H and O–H groups in total. The van der Waals surface area contributed by atoms with Crippen LogP contribution in [-0.2, 0) is 20.7 Å². The molecule has 0 aliphatic heterocycles. The molecule has 0 saturated heterocycles. The van der Waals surface area contributed by atoms with Crippen LogP contribution in [0.25, 0.3) is 0 Å². The summed E-state index contributed by atoms with van der Waals surface area (Å²) in [5, 5.41) is 2.76. The molecule has 0 aliphatic rings. The number of esters is 1. The molecule has 0 fully saturated rings. The smallest absolute Gasteiger partial charge is 0.344 e. The Morgan fingerprint density at radius 1 is 1.00 bits per heavy atom. The zero-order valence-electron chi connectivity index (χ0n) is 15.7. The highest BCUT2D eigenvalue weighted by Crippen LogP contribution is 2.24. The number of ether oxygens (including phenoxy) is 2. The minimum absolute atomic E-state index is 0.233. The maximum atomic E-state index is 12.0. The molecule has 26 heavy (non-hydrogen) atoms. The van der Waals surface area contributed by atoms with Gasteiger partial charge in [0.1, 0.15) is 5.75 Å². The van der Waals surface area contributed by atoms with Gasteiger partial charge in [-0.15, -0.1) is 0 Å². The molecule has 0 aliphatic carbocycles. The Kier molecular flexibility index (Phi) is 6.78. The zero-order chi connectivity index (χ0) is 19.1. The predicted molar refractivity (Wildman–Crippen MR) is 102 cm³/mol. The van der Waals surface area contributed by atoms with E-state index in [1.807, 2.05) is 64.1 Å². The summed E-state index contributed by atoms with van der Waals surface area (Å²) < 4.78 is 10.6. The minimum atomic E-state index is -0.580. The van der Waals surface area contributed by atoms with Gasteiger partial charge in [0.25, 0.3) is 5.91 Å². The van der Waals surface area contributed by atoms with Crippen LogP contribution in [0.4, 0.5) is 5.69 Å². The van der Waals surface area contributed by atoms with E-state index in [0.29, 0.717) is 5.75 Å². The van der Waals surface area contributed by atoms with Gasteiger partial charge in [-0.2, -0.15) is 0 Å². The van der Waals surface area contributed by atoms with E-state index in [2.05, 4.69) is 5.32 Å². The summed E-state index contributed by atoms with van der Waals surface area (Å²) in [6.45, 7) is 7.30. The fraction of sp³-hybridized carbons (Fsp3) is 0.333. The van der Waals surface area contributed by atoms with Gasteiger partial charge in [-0.3, -0.25) is 4.79 Å². The van der Waals surface area contributed by atoms with Crippen LogP contribution in [0.2, 0.25) is 0 Å². The van der Waals surface area contributed by atoms with E-state index in [9.17, 15) is 9.59 Å². The Labute approximate surface area is 154 Å². The van der Waals surface area contributed by atoms with E-state index in [1.165, 1.54) is 0 Å². The van der Waals surface area contributed by atoms with Crippen LogP contribution in [0.1, 0.15) is 29.2 Å².